The van der Waals surface area contributed by atoms with Crippen LogP contribution in [0.15, 0.2) is 23.1 Å². The highest BCUT2D eigenvalue weighted by Crippen LogP contribution is 2.30. The molecule has 0 spiro atoms. The smallest absolute Gasteiger partial charge is 0.329 e. The minimum Gasteiger partial charge on any atom is -0.496 e. The Hall–Kier alpha value is -1.69. The van der Waals surface area contributed by atoms with Crippen molar-refractivity contribution in [3.63, 3.8) is 0 Å². The number of nitrogens with one attached hydrogen (secondary N) is 1. The first-order chi connectivity index (χ1) is 10.5. The lowest BCUT2D eigenvalue weighted by Gasteiger charge is -2.34. The highest BCUT2D eigenvalue weighted by Gasteiger charge is 2.41. The molecule has 5 nitrogen and oxygen atoms in total. The van der Waals surface area contributed by atoms with Gasteiger partial charge in [0.05, 0.1) is 12.7 Å². The second-order valence-electron chi connectivity index (χ2n) is 5.47. The van der Waals surface area contributed by atoms with Crippen molar-refractivity contribution in [1.82, 2.24) is 5.32 Å². The van der Waals surface area contributed by atoms with Crippen LogP contribution in [0.2, 0.25) is 0 Å². The second kappa shape index (κ2) is 7.05. The summed E-state index contributed by atoms with van der Waals surface area (Å²) >= 11 is 1.55. The van der Waals surface area contributed by atoms with Crippen LogP contribution in [0.4, 0.5) is 0 Å². The van der Waals surface area contributed by atoms with Gasteiger partial charge in [-0.1, -0.05) is 19.3 Å². The van der Waals surface area contributed by atoms with Gasteiger partial charge in [-0.25, -0.2) is 4.79 Å². The molecular formula is C16H21NO4S. The van der Waals surface area contributed by atoms with Gasteiger partial charge in [-0.05, 0) is 37.3 Å². The molecular weight excluding hydrogens is 302 g/mol. The van der Waals surface area contributed by atoms with Crippen LogP contribution >= 0.6 is 11.8 Å². The molecule has 0 bridgehead atoms. The number of carboxylic acid groups (broad SMARTS) is 1. The fourth-order valence-electron chi connectivity index (χ4n) is 2.82. The molecule has 1 saturated carbocycles. The molecule has 0 aliphatic heterocycles. The summed E-state index contributed by atoms with van der Waals surface area (Å²) in [4.78, 5) is 25.2. The highest BCUT2D eigenvalue weighted by molar-refractivity contribution is 7.98. The standard InChI is InChI=1S/C16H21NO4S/c1-21-13-10-11(22-2)6-7-12(13)14(18)17-16(15(19)20)8-4-3-5-9-16/h6-7,10H,3-5,8-9H2,1-2H3,(H,17,18)(H,19,20). The minimum absolute atomic E-state index is 0.367. The first-order valence-electron chi connectivity index (χ1n) is 7.30. The fourth-order valence-corrected chi connectivity index (χ4v) is 3.25. The average molecular weight is 323 g/mol. The van der Waals surface area contributed by atoms with Crippen LogP contribution in [0.3, 0.4) is 0 Å². The van der Waals surface area contributed by atoms with Crippen molar-refractivity contribution in [3.8, 4) is 5.75 Å². The molecule has 2 rings (SSSR count). The van der Waals surface area contributed by atoms with Crippen LogP contribution in [0.25, 0.3) is 0 Å². The predicted molar refractivity (Wildman–Crippen MR) is 85.7 cm³/mol. The summed E-state index contributed by atoms with van der Waals surface area (Å²) in [6.45, 7) is 0. The topological polar surface area (TPSA) is 75.6 Å². The van der Waals surface area contributed by atoms with Crippen molar-refractivity contribution in [2.75, 3.05) is 13.4 Å². The maximum absolute atomic E-state index is 12.5. The molecule has 120 valence electrons. The van der Waals surface area contributed by atoms with E-state index in [-0.39, 0.29) is 0 Å². The van der Waals surface area contributed by atoms with Crippen LogP contribution in [0, 0.1) is 0 Å². The van der Waals surface area contributed by atoms with Crippen LogP contribution < -0.4 is 10.1 Å². The van der Waals surface area contributed by atoms with Gasteiger partial charge in [-0.3, -0.25) is 4.79 Å². The van der Waals surface area contributed by atoms with E-state index < -0.39 is 17.4 Å². The highest BCUT2D eigenvalue weighted by atomic mass is 32.2. The quantitative estimate of drug-likeness (QED) is 0.815. The molecule has 0 heterocycles. The number of ether oxygens (including phenoxy) is 1. The molecule has 2 N–H and O–H groups in total. The van der Waals surface area contributed by atoms with Crippen LogP contribution in [0.5, 0.6) is 5.75 Å². The lowest BCUT2D eigenvalue weighted by Crippen LogP contribution is -2.55. The van der Waals surface area contributed by atoms with Gasteiger partial charge >= 0.3 is 5.97 Å². The Labute approximate surface area is 134 Å². The van der Waals surface area contributed by atoms with Crippen molar-refractivity contribution in [3.05, 3.63) is 23.8 Å². The summed E-state index contributed by atoms with van der Waals surface area (Å²) < 4.78 is 5.27. The Bertz CT molecular complexity index is 567. The number of carbonyl (C=O) groups is 2. The predicted octanol–water partition coefficient (Wildman–Crippen LogP) is 2.93. The van der Waals surface area contributed by atoms with Gasteiger partial charge in [0.2, 0.25) is 0 Å². The summed E-state index contributed by atoms with van der Waals surface area (Å²) in [6, 6.07) is 5.29. The van der Waals surface area contributed by atoms with E-state index in [0.29, 0.717) is 24.2 Å². The van der Waals surface area contributed by atoms with Gasteiger partial charge in [0.25, 0.3) is 5.91 Å². The van der Waals surface area contributed by atoms with E-state index in [2.05, 4.69) is 5.32 Å². The molecule has 0 atom stereocenters. The van der Waals surface area contributed by atoms with E-state index in [1.165, 1.54) is 7.11 Å². The van der Waals surface area contributed by atoms with Crippen molar-refractivity contribution in [1.29, 1.82) is 0 Å². The Morgan fingerprint density at radius 3 is 2.50 bits per heavy atom. The number of methoxy groups -OCH3 is 1. The van der Waals surface area contributed by atoms with E-state index in [4.69, 9.17) is 4.74 Å². The van der Waals surface area contributed by atoms with E-state index in [1.54, 1.807) is 23.9 Å². The van der Waals surface area contributed by atoms with E-state index in [9.17, 15) is 14.7 Å². The Kier molecular flexibility index (Phi) is 5.34. The number of amides is 1. The number of benzene rings is 1. The molecule has 1 amide bonds. The molecule has 22 heavy (non-hydrogen) atoms. The molecule has 0 aromatic heterocycles. The molecule has 0 saturated heterocycles. The molecule has 1 aliphatic rings. The third kappa shape index (κ3) is 3.38. The summed E-state index contributed by atoms with van der Waals surface area (Å²) in [5.41, 5.74) is -0.787. The van der Waals surface area contributed by atoms with Crippen molar-refractivity contribution in [2.45, 2.75) is 42.5 Å². The fraction of sp³-hybridized carbons (Fsp3) is 0.500. The number of carboxylic acids is 1. The third-order valence-corrected chi connectivity index (χ3v) is 4.85. The van der Waals surface area contributed by atoms with Crippen LogP contribution in [0.1, 0.15) is 42.5 Å². The number of carbonyl (C=O) groups excluding carboxylic acids is 1. The first-order valence-corrected chi connectivity index (χ1v) is 8.53. The SMILES string of the molecule is COc1cc(SC)ccc1C(=O)NC1(C(=O)O)CCCCC1. The van der Waals surface area contributed by atoms with Gasteiger partial charge in [0.15, 0.2) is 0 Å². The Morgan fingerprint density at radius 2 is 1.95 bits per heavy atom. The molecule has 1 aliphatic carbocycles. The number of rotatable bonds is 5. The number of hydrogen-bond donors (Lipinski definition) is 2. The summed E-state index contributed by atoms with van der Waals surface area (Å²) in [7, 11) is 1.50. The van der Waals surface area contributed by atoms with Crippen molar-refractivity contribution < 1.29 is 19.4 Å². The molecule has 0 radical (unpaired) electrons. The summed E-state index contributed by atoms with van der Waals surface area (Å²) in [6.07, 6.45) is 5.52. The van der Waals surface area contributed by atoms with Crippen molar-refractivity contribution in [2.24, 2.45) is 0 Å². The van der Waals surface area contributed by atoms with Gasteiger partial charge in [-0.15, -0.1) is 11.8 Å². The monoisotopic (exact) mass is 323 g/mol. The maximum Gasteiger partial charge on any atom is 0.329 e. The van der Waals surface area contributed by atoms with Crippen LogP contribution in [-0.2, 0) is 4.79 Å². The van der Waals surface area contributed by atoms with E-state index in [0.717, 1.165) is 24.2 Å². The zero-order valence-corrected chi connectivity index (χ0v) is 13.7. The molecule has 1 aromatic rings. The Morgan fingerprint density at radius 1 is 1.27 bits per heavy atom. The van der Waals surface area contributed by atoms with Gasteiger partial charge in [0, 0.05) is 4.90 Å². The number of hydrogen-bond acceptors (Lipinski definition) is 4. The Balaban J connectivity index is 2.25. The first kappa shape index (κ1) is 16.7. The van der Waals surface area contributed by atoms with E-state index >= 15 is 0 Å². The zero-order valence-electron chi connectivity index (χ0n) is 12.8. The lowest BCUT2D eigenvalue weighted by atomic mass is 9.81. The molecule has 6 heteroatoms. The number of thioether (sulfide) groups is 1. The molecule has 0 unspecified atom stereocenters. The van der Waals surface area contributed by atoms with Crippen LogP contribution in [-0.4, -0.2) is 35.9 Å². The summed E-state index contributed by atoms with van der Waals surface area (Å²) in [5, 5.41) is 12.3. The third-order valence-electron chi connectivity index (χ3n) is 4.12. The van der Waals surface area contributed by atoms with E-state index in [1.807, 2.05) is 12.3 Å². The maximum atomic E-state index is 12.5. The minimum atomic E-state index is -1.15. The summed E-state index contributed by atoms with van der Waals surface area (Å²) in [5.74, 6) is -0.894. The molecule has 1 fully saturated rings. The number of aliphatic carboxylic acids is 1. The van der Waals surface area contributed by atoms with Gasteiger partial charge in [-0.2, -0.15) is 0 Å². The largest absolute Gasteiger partial charge is 0.496 e. The van der Waals surface area contributed by atoms with Gasteiger partial charge in [0.1, 0.15) is 11.3 Å². The molecule has 1 aromatic carbocycles. The van der Waals surface area contributed by atoms with Crippen molar-refractivity contribution >= 4 is 23.6 Å². The second-order valence-corrected chi connectivity index (χ2v) is 6.35. The van der Waals surface area contributed by atoms with Gasteiger partial charge < -0.3 is 15.2 Å². The zero-order chi connectivity index (χ0) is 16.2. The lowest BCUT2D eigenvalue weighted by molar-refractivity contribution is -0.145. The average Bonchev–Trinajstić information content (AvgIpc) is 2.54. The normalized spacial score (nSPS) is 16.8.